The van der Waals surface area contributed by atoms with Crippen molar-refractivity contribution >= 4 is 6.09 Å². The molecule has 0 saturated carbocycles. The zero-order chi connectivity index (χ0) is 18.9. The molecule has 0 aliphatic carbocycles. The number of likely N-dealkylation sites (N-methyl/N-ethyl adjacent to an activating group) is 1. The van der Waals surface area contributed by atoms with Gasteiger partial charge in [-0.1, -0.05) is 6.07 Å². The summed E-state index contributed by atoms with van der Waals surface area (Å²) in [6.07, 6.45) is 1.65. The van der Waals surface area contributed by atoms with Gasteiger partial charge in [0.2, 0.25) is 6.79 Å². The lowest BCUT2D eigenvalue weighted by molar-refractivity contribution is -0.105. The lowest BCUT2D eigenvalue weighted by Gasteiger charge is -2.37. The Hall–Kier alpha value is -1.99. The van der Waals surface area contributed by atoms with Crippen LogP contribution in [0.25, 0.3) is 0 Å². The van der Waals surface area contributed by atoms with Crippen molar-refractivity contribution in [2.45, 2.75) is 25.8 Å². The van der Waals surface area contributed by atoms with E-state index in [4.69, 9.17) is 18.9 Å². The summed E-state index contributed by atoms with van der Waals surface area (Å²) < 4.78 is 21.6. The van der Waals surface area contributed by atoms with Crippen LogP contribution in [-0.2, 0) is 15.9 Å². The first-order valence-corrected chi connectivity index (χ1v) is 9.63. The molecule has 1 atom stereocenters. The molecule has 148 valence electrons. The number of likely N-dealkylation sites (tertiary alicyclic amines) is 1. The zero-order valence-electron chi connectivity index (χ0n) is 16.1. The predicted octanol–water partition coefficient (Wildman–Crippen LogP) is 2.14. The van der Waals surface area contributed by atoms with Gasteiger partial charge in [-0.3, -0.25) is 4.90 Å². The van der Waals surface area contributed by atoms with Crippen molar-refractivity contribution in [3.8, 4) is 11.5 Å². The van der Waals surface area contributed by atoms with Crippen molar-refractivity contribution in [3.63, 3.8) is 0 Å². The van der Waals surface area contributed by atoms with Crippen LogP contribution >= 0.6 is 0 Å². The number of amides is 1. The van der Waals surface area contributed by atoms with Crippen LogP contribution in [0.4, 0.5) is 4.79 Å². The van der Waals surface area contributed by atoms with Gasteiger partial charge < -0.3 is 23.8 Å². The number of hydrogen-bond donors (Lipinski definition) is 0. The molecule has 3 aliphatic heterocycles. The number of rotatable bonds is 6. The number of carbonyl (C=O) groups excluding carboxylic acids is 1. The molecule has 1 aromatic carbocycles. The van der Waals surface area contributed by atoms with Gasteiger partial charge in [-0.2, -0.15) is 0 Å². The summed E-state index contributed by atoms with van der Waals surface area (Å²) in [6, 6.07) is 5.93. The Morgan fingerprint density at radius 3 is 2.89 bits per heavy atom. The van der Waals surface area contributed by atoms with Gasteiger partial charge in [0.1, 0.15) is 6.61 Å². The van der Waals surface area contributed by atoms with E-state index in [0.717, 1.165) is 56.3 Å². The molecule has 2 fully saturated rings. The zero-order valence-corrected chi connectivity index (χ0v) is 16.1. The second-order valence-electron chi connectivity index (χ2n) is 7.98. The minimum Gasteiger partial charge on any atom is -0.454 e. The second kappa shape index (κ2) is 7.56. The van der Waals surface area contributed by atoms with Gasteiger partial charge in [-0.05, 0) is 44.0 Å². The molecule has 7 nitrogen and oxygen atoms in total. The number of hydrogen-bond acceptors (Lipinski definition) is 6. The Morgan fingerprint density at radius 2 is 2.15 bits per heavy atom. The van der Waals surface area contributed by atoms with Crippen LogP contribution in [0, 0.1) is 5.41 Å². The monoisotopic (exact) mass is 376 g/mol. The van der Waals surface area contributed by atoms with Crippen LogP contribution in [0.2, 0.25) is 0 Å². The van der Waals surface area contributed by atoms with Gasteiger partial charge in [-0.25, -0.2) is 4.79 Å². The molecule has 1 spiro atoms. The van der Waals surface area contributed by atoms with E-state index in [1.54, 1.807) is 11.9 Å². The Morgan fingerprint density at radius 1 is 1.33 bits per heavy atom. The van der Waals surface area contributed by atoms with E-state index in [2.05, 4.69) is 4.90 Å². The molecule has 7 heteroatoms. The number of ether oxygens (including phenoxy) is 4. The quantitative estimate of drug-likeness (QED) is 0.758. The van der Waals surface area contributed by atoms with Crippen LogP contribution in [-0.4, -0.2) is 75.2 Å². The average molecular weight is 376 g/mol. The van der Waals surface area contributed by atoms with Gasteiger partial charge in [0.15, 0.2) is 11.5 Å². The minimum absolute atomic E-state index is 0.0278. The topological polar surface area (TPSA) is 60.5 Å². The Labute approximate surface area is 160 Å². The Balaban J connectivity index is 1.20. The van der Waals surface area contributed by atoms with Crippen LogP contribution in [0.3, 0.4) is 0 Å². The van der Waals surface area contributed by atoms with Crippen LogP contribution < -0.4 is 9.47 Å². The van der Waals surface area contributed by atoms with Crippen LogP contribution in [0.1, 0.15) is 18.9 Å². The summed E-state index contributed by atoms with van der Waals surface area (Å²) in [5.74, 6) is 1.54. The molecule has 1 aromatic rings. The molecule has 0 radical (unpaired) electrons. The van der Waals surface area contributed by atoms with Gasteiger partial charge in [-0.15, -0.1) is 0 Å². The van der Waals surface area contributed by atoms with Gasteiger partial charge in [0.05, 0.1) is 13.2 Å². The summed E-state index contributed by atoms with van der Waals surface area (Å²) >= 11 is 0. The first-order valence-electron chi connectivity index (χ1n) is 9.63. The van der Waals surface area contributed by atoms with E-state index in [1.807, 2.05) is 25.1 Å². The van der Waals surface area contributed by atoms with Crippen molar-refractivity contribution in [3.05, 3.63) is 23.8 Å². The van der Waals surface area contributed by atoms with E-state index in [0.29, 0.717) is 12.0 Å². The highest BCUT2D eigenvalue weighted by molar-refractivity contribution is 5.67. The molecule has 0 aromatic heterocycles. The third kappa shape index (κ3) is 3.99. The third-order valence-electron chi connectivity index (χ3n) is 5.88. The fourth-order valence-corrected chi connectivity index (χ4v) is 3.93. The largest absolute Gasteiger partial charge is 0.454 e. The molecule has 0 N–H and O–H groups in total. The van der Waals surface area contributed by atoms with Gasteiger partial charge in [0, 0.05) is 31.6 Å². The van der Waals surface area contributed by atoms with E-state index in [9.17, 15) is 4.79 Å². The molecule has 27 heavy (non-hydrogen) atoms. The van der Waals surface area contributed by atoms with E-state index in [-0.39, 0.29) is 18.9 Å². The molecule has 1 amide bonds. The maximum atomic E-state index is 12.4. The summed E-state index contributed by atoms with van der Waals surface area (Å²) in [4.78, 5) is 16.4. The molecule has 3 aliphatic rings. The minimum atomic E-state index is -0.274. The number of carbonyl (C=O) groups is 1. The van der Waals surface area contributed by atoms with Crippen molar-refractivity contribution in [1.29, 1.82) is 0 Å². The number of nitrogens with zero attached hydrogens (tertiary/aromatic N) is 2. The molecule has 0 bridgehead atoms. The Bertz CT molecular complexity index is 691. The number of benzene rings is 1. The van der Waals surface area contributed by atoms with Crippen molar-refractivity contribution in [1.82, 2.24) is 9.80 Å². The highest BCUT2D eigenvalue weighted by Crippen LogP contribution is 2.37. The van der Waals surface area contributed by atoms with Crippen molar-refractivity contribution < 1.29 is 23.7 Å². The fraction of sp³-hybridized carbons (Fsp3) is 0.650. The maximum absolute atomic E-state index is 12.4. The molecular weight excluding hydrogens is 348 g/mol. The number of fused-ring (bicyclic) bond motifs is 1. The van der Waals surface area contributed by atoms with Crippen LogP contribution in [0.15, 0.2) is 18.2 Å². The van der Waals surface area contributed by atoms with Crippen molar-refractivity contribution in [2.75, 3.05) is 53.3 Å². The summed E-state index contributed by atoms with van der Waals surface area (Å²) in [7, 11) is 1.79. The highest BCUT2D eigenvalue weighted by Gasteiger charge is 2.44. The van der Waals surface area contributed by atoms with E-state index < -0.39 is 0 Å². The smallest absolute Gasteiger partial charge is 0.409 e. The fourth-order valence-electron chi connectivity index (χ4n) is 3.93. The summed E-state index contributed by atoms with van der Waals surface area (Å²) in [6.45, 7) is 7.39. The predicted molar refractivity (Wildman–Crippen MR) is 99.2 cm³/mol. The molecule has 2 saturated heterocycles. The normalized spacial score (nSPS) is 21.1. The molecule has 4 rings (SSSR count). The van der Waals surface area contributed by atoms with E-state index in [1.165, 1.54) is 6.42 Å². The standard InChI is InChI=1S/C20H28N2O5/c1-15(9-16-3-4-17-18(10-16)27-14-26-17)21(2)19(23)25-8-7-22-6-5-20(11-22)12-24-13-20/h3-4,10,15H,5-9,11-14H2,1-2H3. The highest BCUT2D eigenvalue weighted by atomic mass is 16.7. The van der Waals surface area contributed by atoms with Gasteiger partial charge >= 0.3 is 6.09 Å². The molecular formula is C20H28N2O5. The first kappa shape index (κ1) is 18.4. The molecule has 3 heterocycles. The summed E-state index contributed by atoms with van der Waals surface area (Å²) in [5, 5.41) is 0. The molecule has 1 unspecified atom stereocenters. The Kier molecular flexibility index (Phi) is 5.14. The lowest BCUT2D eigenvalue weighted by atomic mass is 9.85. The second-order valence-corrected chi connectivity index (χ2v) is 7.98. The summed E-state index contributed by atoms with van der Waals surface area (Å²) in [5.41, 5.74) is 1.48. The maximum Gasteiger partial charge on any atom is 0.409 e. The van der Waals surface area contributed by atoms with E-state index >= 15 is 0 Å². The van der Waals surface area contributed by atoms with Crippen molar-refractivity contribution in [2.24, 2.45) is 5.41 Å². The SMILES string of the molecule is CC(Cc1ccc2c(c1)OCO2)N(C)C(=O)OCCN1CCC2(COC2)C1. The first-order chi connectivity index (χ1) is 13.0. The van der Waals surface area contributed by atoms with Crippen LogP contribution in [0.5, 0.6) is 11.5 Å². The third-order valence-corrected chi connectivity index (χ3v) is 5.88. The lowest BCUT2D eigenvalue weighted by Crippen LogP contribution is -2.45. The van der Waals surface area contributed by atoms with Gasteiger partial charge in [0.25, 0.3) is 0 Å². The average Bonchev–Trinajstić information content (AvgIpc) is 3.27.